The smallest absolute Gasteiger partial charge is 0.327 e. The maximum Gasteiger partial charge on any atom is 0.327 e. The first-order chi connectivity index (χ1) is 17.5. The van der Waals surface area contributed by atoms with Gasteiger partial charge in [0.2, 0.25) is 5.91 Å². The number of carbonyl (C=O) groups is 1. The maximum atomic E-state index is 13.5. The molecule has 2 atom stereocenters. The maximum absolute atomic E-state index is 13.5. The number of anilines is 2. The number of piperidine rings is 1. The number of carbonyl (C=O) groups excluding carboxylic acids is 1. The van der Waals surface area contributed by atoms with E-state index in [-0.39, 0.29) is 30.1 Å². The van der Waals surface area contributed by atoms with E-state index in [2.05, 4.69) is 27.3 Å². The van der Waals surface area contributed by atoms with E-state index < -0.39 is 22.0 Å². The fourth-order valence-corrected chi connectivity index (χ4v) is 7.44. The molecule has 2 saturated heterocycles. The van der Waals surface area contributed by atoms with Crippen LogP contribution >= 0.6 is 0 Å². The lowest BCUT2D eigenvalue weighted by Crippen LogP contribution is -2.46. The molecule has 6 rings (SSSR count). The minimum absolute atomic E-state index is 0.169. The second-order valence-corrected chi connectivity index (χ2v) is 12.8. The number of rotatable bonds is 5. The first-order valence-corrected chi connectivity index (χ1v) is 14.2. The number of halogens is 2. The quantitative estimate of drug-likeness (QED) is 0.640. The monoisotopic (exact) mass is 531 g/mol. The summed E-state index contributed by atoms with van der Waals surface area (Å²) in [6, 6.07) is 9.61. The Hall–Kier alpha value is -2.79. The van der Waals surface area contributed by atoms with Gasteiger partial charge in [-0.25, -0.2) is 22.4 Å². The van der Waals surface area contributed by atoms with Crippen LogP contribution < -0.4 is 13.9 Å². The number of pyridine rings is 1. The Morgan fingerprint density at radius 3 is 2.68 bits per heavy atom. The van der Waals surface area contributed by atoms with Crippen molar-refractivity contribution in [2.75, 3.05) is 41.8 Å². The number of fused-ring (bicyclic) bond motifs is 1. The van der Waals surface area contributed by atoms with Crippen molar-refractivity contribution in [1.29, 1.82) is 0 Å². The molecule has 1 spiro atoms. The molecular formula is C26H31F2N5O3S. The Labute approximate surface area is 215 Å². The zero-order chi connectivity index (χ0) is 26.2. The van der Waals surface area contributed by atoms with Crippen LogP contribution in [-0.2, 0) is 21.5 Å². The van der Waals surface area contributed by atoms with Crippen molar-refractivity contribution >= 4 is 27.6 Å². The van der Waals surface area contributed by atoms with Crippen molar-refractivity contribution in [3.05, 3.63) is 41.5 Å². The van der Waals surface area contributed by atoms with E-state index in [9.17, 15) is 22.0 Å². The van der Waals surface area contributed by atoms with Crippen LogP contribution in [0.1, 0.15) is 36.8 Å². The molecule has 4 heterocycles. The summed E-state index contributed by atoms with van der Waals surface area (Å²) in [5.41, 5.74) is 3.67. The number of hydrogen-bond acceptors (Lipinski definition) is 5. The van der Waals surface area contributed by atoms with E-state index in [1.165, 1.54) is 7.05 Å². The minimum atomic E-state index is -3.95. The summed E-state index contributed by atoms with van der Waals surface area (Å²) in [4.78, 5) is 19.5. The Morgan fingerprint density at radius 1 is 1.19 bits per heavy atom. The molecule has 3 aliphatic heterocycles. The van der Waals surface area contributed by atoms with Crippen molar-refractivity contribution in [2.24, 2.45) is 11.3 Å². The van der Waals surface area contributed by atoms with Gasteiger partial charge in [0.15, 0.2) is 5.82 Å². The van der Waals surface area contributed by atoms with Gasteiger partial charge in [-0.05, 0) is 62.1 Å². The van der Waals surface area contributed by atoms with Gasteiger partial charge in [0.25, 0.3) is 5.92 Å². The molecule has 11 heteroatoms. The summed E-state index contributed by atoms with van der Waals surface area (Å²) in [6.07, 6.45) is 2.51. The molecule has 3 fully saturated rings. The topological polar surface area (TPSA) is 85.9 Å². The summed E-state index contributed by atoms with van der Waals surface area (Å²) < 4.78 is 55.2. The molecule has 1 amide bonds. The van der Waals surface area contributed by atoms with E-state index in [0.717, 1.165) is 64.2 Å². The summed E-state index contributed by atoms with van der Waals surface area (Å²) in [6.45, 7) is 4.87. The number of amides is 1. The number of likely N-dealkylation sites (tertiary alicyclic amines) is 1. The number of nitrogens with one attached hydrogen (secondary N) is 1. The van der Waals surface area contributed by atoms with Gasteiger partial charge in [-0.2, -0.15) is 8.42 Å². The molecular weight excluding hydrogens is 500 g/mol. The van der Waals surface area contributed by atoms with Gasteiger partial charge in [-0.1, -0.05) is 12.1 Å². The van der Waals surface area contributed by atoms with Crippen LogP contribution in [0.5, 0.6) is 0 Å². The summed E-state index contributed by atoms with van der Waals surface area (Å²) in [5, 5.41) is 2.99. The molecule has 1 aromatic heterocycles. The summed E-state index contributed by atoms with van der Waals surface area (Å²) in [7, 11) is -2.54. The van der Waals surface area contributed by atoms with Crippen molar-refractivity contribution in [1.82, 2.24) is 15.2 Å². The van der Waals surface area contributed by atoms with Crippen molar-refractivity contribution in [3.63, 3.8) is 0 Å². The van der Waals surface area contributed by atoms with Gasteiger partial charge in [0, 0.05) is 51.1 Å². The van der Waals surface area contributed by atoms with Gasteiger partial charge in [0.05, 0.1) is 16.8 Å². The van der Waals surface area contributed by atoms with Gasteiger partial charge < -0.3 is 5.32 Å². The number of aromatic nitrogens is 1. The summed E-state index contributed by atoms with van der Waals surface area (Å²) in [5.74, 6) is -3.36. The third-order valence-electron chi connectivity index (χ3n) is 8.40. The average Bonchev–Trinajstić information content (AvgIpc) is 3.25. The Bertz CT molecular complexity index is 1380. The molecule has 8 nitrogen and oxygen atoms in total. The highest BCUT2D eigenvalue weighted by atomic mass is 32.2. The van der Waals surface area contributed by atoms with Gasteiger partial charge in [-0.3, -0.25) is 9.69 Å². The lowest BCUT2D eigenvalue weighted by molar-refractivity contribution is -0.130. The highest BCUT2D eigenvalue weighted by molar-refractivity contribution is 7.94. The standard InChI is InChI=1S/C26H31F2N5O3S/c1-17-4-5-18(14-32-11-3-8-25(16-32)9-10-29-24(25)34)12-20(17)21-6-7-22-23(30-21)31(2)37(35,36)33(22)15-19-13-26(19,27)28/h4-7,12,19H,3,8-11,13-16H2,1-2H3,(H,29,34). The molecule has 37 heavy (non-hydrogen) atoms. The normalized spacial score (nSPS) is 28.0. The molecule has 2 unspecified atom stereocenters. The molecule has 0 radical (unpaired) electrons. The van der Waals surface area contributed by atoms with Crippen LogP contribution in [0.25, 0.3) is 11.3 Å². The lowest BCUT2D eigenvalue weighted by atomic mass is 9.78. The minimum Gasteiger partial charge on any atom is -0.356 e. The first kappa shape index (κ1) is 24.5. The van der Waals surface area contributed by atoms with Crippen molar-refractivity contribution in [3.8, 4) is 11.3 Å². The largest absolute Gasteiger partial charge is 0.356 e. The van der Waals surface area contributed by atoms with Gasteiger partial charge >= 0.3 is 10.2 Å². The number of hydrogen-bond donors (Lipinski definition) is 1. The highest BCUT2D eigenvalue weighted by Crippen LogP contribution is 2.51. The van der Waals surface area contributed by atoms with E-state index in [1.807, 2.05) is 13.0 Å². The second-order valence-electron chi connectivity index (χ2n) is 11.0. The summed E-state index contributed by atoms with van der Waals surface area (Å²) >= 11 is 0. The van der Waals surface area contributed by atoms with Crippen LogP contribution in [0.3, 0.4) is 0 Å². The lowest BCUT2D eigenvalue weighted by Gasteiger charge is -2.38. The number of alkyl halides is 2. The number of nitrogens with zero attached hydrogens (tertiary/aromatic N) is 4. The third-order valence-corrected chi connectivity index (χ3v) is 10.2. The molecule has 0 bridgehead atoms. The van der Waals surface area contributed by atoms with Crippen LogP contribution in [0.2, 0.25) is 0 Å². The van der Waals surface area contributed by atoms with Crippen molar-refractivity contribution < 1.29 is 22.0 Å². The predicted molar refractivity (Wildman–Crippen MR) is 137 cm³/mol. The molecule has 1 saturated carbocycles. The number of aryl methyl sites for hydroxylation is 1. The molecule has 1 aliphatic carbocycles. The van der Waals surface area contributed by atoms with E-state index in [0.29, 0.717) is 17.9 Å². The first-order valence-electron chi connectivity index (χ1n) is 12.8. The molecule has 4 aliphatic rings. The van der Waals surface area contributed by atoms with E-state index >= 15 is 0 Å². The van der Waals surface area contributed by atoms with Crippen molar-refractivity contribution in [2.45, 2.75) is 45.1 Å². The SMILES string of the molecule is Cc1ccc(CN2CCCC3(CCNC3=O)C2)cc1-c1ccc2c(n1)N(C)S(=O)(=O)N2CC1CC1(F)F. The molecule has 2 aromatic rings. The Balaban J connectivity index is 1.26. The van der Waals surface area contributed by atoms with Gasteiger partial charge in [-0.15, -0.1) is 0 Å². The number of benzene rings is 1. The average molecular weight is 532 g/mol. The van der Waals surface area contributed by atoms with Crippen LogP contribution in [0, 0.1) is 18.3 Å². The Morgan fingerprint density at radius 2 is 1.97 bits per heavy atom. The second kappa shape index (κ2) is 8.36. The van der Waals surface area contributed by atoms with Crippen LogP contribution in [0.4, 0.5) is 20.3 Å². The Kier molecular flexibility index (Phi) is 5.54. The van der Waals surface area contributed by atoms with Crippen LogP contribution in [0.15, 0.2) is 30.3 Å². The molecule has 1 N–H and O–H groups in total. The van der Waals surface area contributed by atoms with E-state index in [1.54, 1.807) is 12.1 Å². The third kappa shape index (κ3) is 4.06. The molecule has 1 aromatic carbocycles. The fraction of sp³-hybridized carbons (Fsp3) is 0.538. The molecule has 198 valence electrons. The van der Waals surface area contributed by atoms with E-state index in [4.69, 9.17) is 0 Å². The zero-order valence-electron chi connectivity index (χ0n) is 21.0. The highest BCUT2D eigenvalue weighted by Gasteiger charge is 2.59. The zero-order valence-corrected chi connectivity index (χ0v) is 21.8. The fourth-order valence-electron chi connectivity index (χ4n) is 6.03. The van der Waals surface area contributed by atoms with Crippen LogP contribution in [-0.4, -0.2) is 63.4 Å². The van der Waals surface area contributed by atoms with Gasteiger partial charge in [0.1, 0.15) is 0 Å². The predicted octanol–water partition coefficient (Wildman–Crippen LogP) is 3.32.